The molecule has 1 amide bonds. The van der Waals surface area contributed by atoms with Gasteiger partial charge >= 0.3 is 0 Å². The second-order valence-corrected chi connectivity index (χ2v) is 6.83. The number of hydrogen-bond acceptors (Lipinski definition) is 3. The van der Waals surface area contributed by atoms with Gasteiger partial charge in [0, 0.05) is 12.1 Å². The highest BCUT2D eigenvalue weighted by atomic mass is 79.9. The third kappa shape index (κ3) is 3.26. The Balaban J connectivity index is 2.03. The molecule has 1 N–H and O–H groups in total. The molecule has 112 valence electrons. The molecule has 1 aliphatic rings. The molecule has 0 aromatic carbocycles. The highest BCUT2D eigenvalue weighted by Gasteiger charge is 2.37. The van der Waals surface area contributed by atoms with Gasteiger partial charge in [0.15, 0.2) is 4.67 Å². The van der Waals surface area contributed by atoms with E-state index in [-0.39, 0.29) is 11.4 Å². The number of nitrogens with zero attached hydrogens (tertiary/aromatic N) is 1. The first-order valence-electron chi connectivity index (χ1n) is 7.13. The van der Waals surface area contributed by atoms with Crippen LogP contribution in [-0.4, -0.2) is 37.0 Å². The van der Waals surface area contributed by atoms with Crippen molar-refractivity contribution in [1.82, 2.24) is 10.2 Å². The third-order valence-electron chi connectivity index (χ3n) is 4.46. The average molecular weight is 343 g/mol. The van der Waals surface area contributed by atoms with E-state index in [9.17, 15) is 4.79 Å². The van der Waals surface area contributed by atoms with E-state index in [1.165, 1.54) is 19.1 Å². The van der Waals surface area contributed by atoms with Crippen LogP contribution in [0.5, 0.6) is 0 Å². The summed E-state index contributed by atoms with van der Waals surface area (Å²) in [5.74, 6) is 0.633. The van der Waals surface area contributed by atoms with Gasteiger partial charge < -0.3 is 14.6 Å². The second kappa shape index (κ2) is 6.31. The molecule has 5 heteroatoms. The lowest BCUT2D eigenvalue weighted by molar-refractivity contribution is 0.0674. The van der Waals surface area contributed by atoms with Gasteiger partial charge in [0.05, 0.1) is 11.8 Å². The Morgan fingerprint density at radius 3 is 2.90 bits per heavy atom. The molecule has 1 aromatic heterocycles. The molecule has 1 fully saturated rings. The van der Waals surface area contributed by atoms with Crippen LogP contribution in [-0.2, 0) is 0 Å². The zero-order valence-corrected chi connectivity index (χ0v) is 14.0. The number of nitrogens with one attached hydrogen (secondary N) is 1. The molecule has 2 atom stereocenters. The third-order valence-corrected chi connectivity index (χ3v) is 5.07. The topological polar surface area (TPSA) is 45.5 Å². The van der Waals surface area contributed by atoms with Crippen molar-refractivity contribution in [3.63, 3.8) is 0 Å². The number of carbonyl (C=O) groups is 1. The van der Waals surface area contributed by atoms with Crippen LogP contribution in [0, 0.1) is 5.92 Å². The molecule has 0 radical (unpaired) electrons. The van der Waals surface area contributed by atoms with Gasteiger partial charge in [0.2, 0.25) is 0 Å². The molecular weight excluding hydrogens is 320 g/mol. The average Bonchev–Trinajstić information content (AvgIpc) is 2.82. The molecule has 1 heterocycles. The quantitative estimate of drug-likeness (QED) is 0.913. The standard InChI is InChI=1S/C15H23BrN2O2/c1-11-5-4-7-15(9-11,18(2)3)10-17-14(19)12-6-8-20-13(12)16/h6,8,11H,4-5,7,9-10H2,1-3H3,(H,17,19). The lowest BCUT2D eigenvalue weighted by Crippen LogP contribution is -2.55. The van der Waals surface area contributed by atoms with Crippen LogP contribution in [0.1, 0.15) is 43.0 Å². The minimum atomic E-state index is -0.0786. The summed E-state index contributed by atoms with van der Waals surface area (Å²) < 4.78 is 5.60. The number of carbonyl (C=O) groups excluding carboxylic acids is 1. The summed E-state index contributed by atoms with van der Waals surface area (Å²) in [7, 11) is 4.22. The normalized spacial score (nSPS) is 26.8. The Morgan fingerprint density at radius 1 is 1.60 bits per heavy atom. The number of furan rings is 1. The minimum absolute atomic E-state index is 0.0730. The largest absolute Gasteiger partial charge is 0.457 e. The highest BCUT2D eigenvalue weighted by molar-refractivity contribution is 9.10. The monoisotopic (exact) mass is 342 g/mol. The van der Waals surface area contributed by atoms with E-state index in [1.54, 1.807) is 6.07 Å². The fourth-order valence-electron chi connectivity index (χ4n) is 3.15. The molecule has 2 unspecified atom stereocenters. The molecule has 4 nitrogen and oxygen atoms in total. The van der Waals surface area contributed by atoms with E-state index in [0.29, 0.717) is 22.7 Å². The summed E-state index contributed by atoms with van der Waals surface area (Å²) in [5.41, 5.74) is 0.631. The van der Waals surface area contributed by atoms with Crippen LogP contribution in [0.15, 0.2) is 21.4 Å². The molecule has 0 aliphatic heterocycles. The molecule has 2 rings (SSSR count). The Hall–Kier alpha value is -0.810. The number of amides is 1. The molecule has 0 spiro atoms. The lowest BCUT2D eigenvalue weighted by Gasteiger charge is -2.45. The minimum Gasteiger partial charge on any atom is -0.457 e. The maximum atomic E-state index is 12.2. The van der Waals surface area contributed by atoms with Crippen LogP contribution < -0.4 is 5.32 Å². The molecule has 0 saturated heterocycles. The van der Waals surface area contributed by atoms with Gasteiger partial charge in [-0.3, -0.25) is 4.79 Å². The molecule has 0 bridgehead atoms. The lowest BCUT2D eigenvalue weighted by atomic mass is 9.75. The van der Waals surface area contributed by atoms with Crippen LogP contribution in [0.25, 0.3) is 0 Å². The van der Waals surface area contributed by atoms with E-state index < -0.39 is 0 Å². The number of halogens is 1. The molecule has 1 saturated carbocycles. The summed E-state index contributed by atoms with van der Waals surface area (Å²) in [4.78, 5) is 14.5. The highest BCUT2D eigenvalue weighted by Crippen LogP contribution is 2.35. The molecule has 20 heavy (non-hydrogen) atoms. The van der Waals surface area contributed by atoms with Crippen molar-refractivity contribution in [3.05, 3.63) is 22.6 Å². The van der Waals surface area contributed by atoms with Crippen LogP contribution in [0.2, 0.25) is 0 Å². The fraction of sp³-hybridized carbons (Fsp3) is 0.667. The van der Waals surface area contributed by atoms with Gasteiger partial charge in [0.25, 0.3) is 5.91 Å². The van der Waals surface area contributed by atoms with Crippen LogP contribution >= 0.6 is 15.9 Å². The Morgan fingerprint density at radius 2 is 2.35 bits per heavy atom. The second-order valence-electron chi connectivity index (χ2n) is 6.11. The summed E-state index contributed by atoms with van der Waals surface area (Å²) in [6, 6.07) is 1.69. The smallest absolute Gasteiger partial charge is 0.255 e. The van der Waals surface area contributed by atoms with Crippen LogP contribution in [0.3, 0.4) is 0 Å². The van der Waals surface area contributed by atoms with E-state index in [2.05, 4.69) is 47.2 Å². The predicted octanol–water partition coefficient (Wildman–Crippen LogP) is 3.28. The van der Waals surface area contributed by atoms with Gasteiger partial charge in [-0.2, -0.15) is 0 Å². The first-order chi connectivity index (χ1) is 9.44. The summed E-state index contributed by atoms with van der Waals surface area (Å²) >= 11 is 3.25. The number of likely N-dealkylation sites (N-methyl/N-ethyl adjacent to an activating group) is 1. The van der Waals surface area contributed by atoms with Crippen molar-refractivity contribution < 1.29 is 9.21 Å². The van der Waals surface area contributed by atoms with E-state index in [4.69, 9.17) is 4.42 Å². The van der Waals surface area contributed by atoms with Crippen molar-refractivity contribution >= 4 is 21.8 Å². The maximum Gasteiger partial charge on any atom is 0.255 e. The van der Waals surface area contributed by atoms with Gasteiger partial charge in [0.1, 0.15) is 0 Å². The Labute approximate surface area is 129 Å². The van der Waals surface area contributed by atoms with Crippen molar-refractivity contribution in [2.24, 2.45) is 5.92 Å². The zero-order chi connectivity index (χ0) is 14.8. The maximum absolute atomic E-state index is 12.2. The van der Waals surface area contributed by atoms with Crippen molar-refractivity contribution in [1.29, 1.82) is 0 Å². The summed E-state index contributed by atoms with van der Waals surface area (Å²) in [6.45, 7) is 2.98. The van der Waals surface area contributed by atoms with E-state index >= 15 is 0 Å². The van der Waals surface area contributed by atoms with Crippen LogP contribution in [0.4, 0.5) is 0 Å². The van der Waals surface area contributed by atoms with Crippen molar-refractivity contribution in [2.75, 3.05) is 20.6 Å². The van der Waals surface area contributed by atoms with E-state index in [0.717, 1.165) is 12.8 Å². The Bertz CT molecular complexity index is 472. The number of hydrogen-bond donors (Lipinski definition) is 1. The molecule has 1 aromatic rings. The van der Waals surface area contributed by atoms with Gasteiger partial charge in [-0.15, -0.1) is 0 Å². The SMILES string of the molecule is CC1CCCC(CNC(=O)c2ccoc2Br)(N(C)C)C1. The Kier molecular flexibility index (Phi) is 4.91. The van der Waals surface area contributed by atoms with Crippen molar-refractivity contribution in [3.8, 4) is 0 Å². The first kappa shape index (κ1) is 15.6. The van der Waals surface area contributed by atoms with Gasteiger partial charge in [-0.25, -0.2) is 0 Å². The summed E-state index contributed by atoms with van der Waals surface area (Å²) in [6.07, 6.45) is 6.30. The van der Waals surface area contributed by atoms with E-state index in [1.807, 2.05) is 0 Å². The van der Waals surface area contributed by atoms with Crippen molar-refractivity contribution in [2.45, 2.75) is 38.1 Å². The van der Waals surface area contributed by atoms with Gasteiger partial charge in [-0.1, -0.05) is 19.8 Å². The predicted molar refractivity (Wildman–Crippen MR) is 82.8 cm³/mol. The zero-order valence-electron chi connectivity index (χ0n) is 12.4. The first-order valence-corrected chi connectivity index (χ1v) is 7.92. The molecular formula is C15H23BrN2O2. The van der Waals surface area contributed by atoms with Gasteiger partial charge in [-0.05, 0) is 54.9 Å². The summed E-state index contributed by atoms with van der Waals surface area (Å²) in [5, 5.41) is 3.07. The molecule has 1 aliphatic carbocycles. The fourth-order valence-corrected chi connectivity index (χ4v) is 3.57. The number of rotatable bonds is 4.